The predicted molar refractivity (Wildman–Crippen MR) is 60.1 cm³/mol. The van der Waals surface area contributed by atoms with E-state index in [2.05, 4.69) is 11.4 Å². The molecule has 0 atom stereocenters. The van der Waals surface area contributed by atoms with Gasteiger partial charge in [0.1, 0.15) is 5.76 Å². The summed E-state index contributed by atoms with van der Waals surface area (Å²) in [6.07, 6.45) is 1.69. The van der Waals surface area contributed by atoms with E-state index in [1.807, 2.05) is 18.2 Å². The Morgan fingerprint density at radius 1 is 1.33 bits per heavy atom. The van der Waals surface area contributed by atoms with Gasteiger partial charge in [0, 0.05) is 11.4 Å². The Morgan fingerprint density at radius 3 is 2.93 bits per heavy atom. The number of hydrogen-bond donors (Lipinski definition) is 1. The molecule has 4 heteroatoms. The minimum Gasteiger partial charge on any atom is -0.487 e. The Bertz CT molecular complexity index is 394. The van der Waals surface area contributed by atoms with Crippen molar-refractivity contribution in [3.63, 3.8) is 0 Å². The highest BCUT2D eigenvalue weighted by Crippen LogP contribution is 2.23. The molecule has 0 spiro atoms. The lowest BCUT2D eigenvalue weighted by molar-refractivity contribution is 0.427. The molecule has 80 valence electrons. The van der Waals surface area contributed by atoms with Crippen molar-refractivity contribution in [1.82, 2.24) is 5.32 Å². The second-order valence-corrected chi connectivity index (χ2v) is 4.24. The number of nitrogens with one attached hydrogen (secondary N) is 1. The van der Waals surface area contributed by atoms with Gasteiger partial charge in [-0.3, -0.25) is 0 Å². The zero-order valence-corrected chi connectivity index (χ0v) is 9.34. The summed E-state index contributed by atoms with van der Waals surface area (Å²) in [7, 11) is 1.69. The van der Waals surface area contributed by atoms with Gasteiger partial charge in [0.05, 0.1) is 19.9 Å². The molecule has 0 amide bonds. The predicted octanol–water partition coefficient (Wildman–Crippen LogP) is 2.64. The first-order valence-corrected chi connectivity index (χ1v) is 5.56. The standard InChI is InChI=1S/C11H13NO2S/c1-13-11-5-4-10(15-11)8-12-7-9-3-2-6-14-9/h2-6,12H,7-8H2,1H3. The van der Waals surface area contributed by atoms with Crippen molar-refractivity contribution < 1.29 is 9.15 Å². The van der Waals surface area contributed by atoms with Gasteiger partial charge < -0.3 is 14.5 Å². The molecule has 2 aromatic rings. The third-order valence-electron chi connectivity index (χ3n) is 2.02. The summed E-state index contributed by atoms with van der Waals surface area (Å²) in [5.74, 6) is 0.957. The number of thiophene rings is 1. The minimum absolute atomic E-state index is 0.757. The van der Waals surface area contributed by atoms with Crippen LogP contribution in [0, 0.1) is 0 Å². The molecule has 2 rings (SSSR count). The largest absolute Gasteiger partial charge is 0.487 e. The highest BCUT2D eigenvalue weighted by molar-refractivity contribution is 7.13. The number of rotatable bonds is 5. The normalized spacial score (nSPS) is 10.5. The topological polar surface area (TPSA) is 34.4 Å². The van der Waals surface area contributed by atoms with Crippen LogP contribution in [0.1, 0.15) is 10.6 Å². The molecule has 0 aliphatic carbocycles. The fourth-order valence-electron chi connectivity index (χ4n) is 1.29. The molecule has 0 bridgehead atoms. The molecule has 0 aromatic carbocycles. The van der Waals surface area contributed by atoms with Crippen molar-refractivity contribution in [2.45, 2.75) is 13.1 Å². The third kappa shape index (κ3) is 2.84. The van der Waals surface area contributed by atoms with E-state index in [-0.39, 0.29) is 0 Å². The van der Waals surface area contributed by atoms with Gasteiger partial charge in [-0.1, -0.05) is 0 Å². The van der Waals surface area contributed by atoms with Gasteiger partial charge in [0.2, 0.25) is 0 Å². The van der Waals surface area contributed by atoms with E-state index in [9.17, 15) is 0 Å². The van der Waals surface area contributed by atoms with E-state index in [0.29, 0.717) is 0 Å². The molecule has 0 unspecified atom stereocenters. The number of hydrogen-bond acceptors (Lipinski definition) is 4. The van der Waals surface area contributed by atoms with Crippen LogP contribution in [0.5, 0.6) is 5.06 Å². The monoisotopic (exact) mass is 223 g/mol. The lowest BCUT2D eigenvalue weighted by Crippen LogP contribution is -2.10. The van der Waals surface area contributed by atoms with Gasteiger partial charge in [-0.05, 0) is 24.3 Å². The van der Waals surface area contributed by atoms with Gasteiger partial charge in [-0.15, -0.1) is 11.3 Å². The molecule has 2 heterocycles. The maximum Gasteiger partial charge on any atom is 0.173 e. The van der Waals surface area contributed by atoms with Crippen molar-refractivity contribution >= 4 is 11.3 Å². The summed E-state index contributed by atoms with van der Waals surface area (Å²) >= 11 is 1.65. The summed E-state index contributed by atoms with van der Waals surface area (Å²) < 4.78 is 10.3. The van der Waals surface area contributed by atoms with Crippen molar-refractivity contribution in [1.29, 1.82) is 0 Å². The van der Waals surface area contributed by atoms with Crippen LogP contribution in [0.3, 0.4) is 0 Å². The van der Waals surface area contributed by atoms with E-state index in [4.69, 9.17) is 9.15 Å². The summed E-state index contributed by atoms with van der Waals surface area (Å²) in [6.45, 7) is 1.60. The van der Waals surface area contributed by atoms with Crippen LogP contribution in [0.2, 0.25) is 0 Å². The number of ether oxygens (including phenoxy) is 1. The van der Waals surface area contributed by atoms with Gasteiger partial charge in [-0.25, -0.2) is 0 Å². The average Bonchev–Trinajstić information content (AvgIpc) is 2.88. The Hall–Kier alpha value is -1.26. The van der Waals surface area contributed by atoms with E-state index >= 15 is 0 Å². The first-order chi connectivity index (χ1) is 7.38. The molecule has 0 aliphatic rings. The molecule has 0 radical (unpaired) electrons. The Balaban J connectivity index is 1.78. The molecule has 3 nitrogen and oxygen atoms in total. The quantitative estimate of drug-likeness (QED) is 0.846. The van der Waals surface area contributed by atoms with E-state index < -0.39 is 0 Å². The van der Waals surface area contributed by atoms with Crippen molar-refractivity contribution in [2.75, 3.05) is 7.11 Å². The van der Waals surface area contributed by atoms with Crippen LogP contribution in [-0.2, 0) is 13.1 Å². The molecule has 2 aromatic heterocycles. The molecule has 0 aliphatic heterocycles. The van der Waals surface area contributed by atoms with Crippen LogP contribution in [-0.4, -0.2) is 7.11 Å². The molecule has 0 fully saturated rings. The summed E-state index contributed by atoms with van der Waals surface area (Å²) in [5.41, 5.74) is 0. The SMILES string of the molecule is COc1ccc(CNCc2ccco2)s1. The number of methoxy groups -OCH3 is 1. The smallest absolute Gasteiger partial charge is 0.173 e. The van der Waals surface area contributed by atoms with Crippen LogP contribution in [0.25, 0.3) is 0 Å². The fourth-order valence-corrected chi connectivity index (χ4v) is 2.07. The van der Waals surface area contributed by atoms with Crippen molar-refractivity contribution in [2.24, 2.45) is 0 Å². The second-order valence-electron chi connectivity index (χ2n) is 3.11. The van der Waals surface area contributed by atoms with Crippen LogP contribution >= 0.6 is 11.3 Å². The minimum atomic E-state index is 0.757. The highest BCUT2D eigenvalue weighted by atomic mass is 32.1. The first kappa shape index (κ1) is 10.3. The van der Waals surface area contributed by atoms with Crippen LogP contribution in [0.4, 0.5) is 0 Å². The summed E-state index contributed by atoms with van der Waals surface area (Å²) in [4.78, 5) is 1.26. The fraction of sp³-hybridized carbons (Fsp3) is 0.273. The average molecular weight is 223 g/mol. The lowest BCUT2D eigenvalue weighted by atomic mass is 10.4. The van der Waals surface area contributed by atoms with E-state index in [1.165, 1.54) is 4.88 Å². The molecule has 0 saturated carbocycles. The Kier molecular flexibility index (Phi) is 3.42. The molecular formula is C11H13NO2S. The second kappa shape index (κ2) is 5.00. The molecular weight excluding hydrogens is 210 g/mol. The molecule has 15 heavy (non-hydrogen) atoms. The zero-order chi connectivity index (χ0) is 10.5. The maximum atomic E-state index is 5.21. The zero-order valence-electron chi connectivity index (χ0n) is 8.53. The molecule has 0 saturated heterocycles. The maximum absolute atomic E-state index is 5.21. The van der Waals surface area contributed by atoms with Crippen LogP contribution in [0.15, 0.2) is 34.9 Å². The van der Waals surface area contributed by atoms with Crippen molar-refractivity contribution in [3.8, 4) is 5.06 Å². The summed E-state index contributed by atoms with van der Waals surface area (Å²) in [5, 5.41) is 4.25. The Labute approximate surface area is 92.7 Å². The van der Waals surface area contributed by atoms with Crippen LogP contribution < -0.4 is 10.1 Å². The van der Waals surface area contributed by atoms with Gasteiger partial charge in [0.15, 0.2) is 5.06 Å². The van der Waals surface area contributed by atoms with Crippen molar-refractivity contribution in [3.05, 3.63) is 41.2 Å². The van der Waals surface area contributed by atoms with E-state index in [1.54, 1.807) is 24.7 Å². The van der Waals surface area contributed by atoms with Gasteiger partial charge in [-0.2, -0.15) is 0 Å². The lowest BCUT2D eigenvalue weighted by Gasteiger charge is -1.99. The Morgan fingerprint density at radius 2 is 2.27 bits per heavy atom. The molecule has 1 N–H and O–H groups in total. The van der Waals surface area contributed by atoms with Gasteiger partial charge in [0.25, 0.3) is 0 Å². The highest BCUT2D eigenvalue weighted by Gasteiger charge is 2.00. The third-order valence-corrected chi connectivity index (χ3v) is 3.06. The number of furan rings is 1. The first-order valence-electron chi connectivity index (χ1n) is 4.74. The van der Waals surface area contributed by atoms with E-state index in [0.717, 1.165) is 23.9 Å². The van der Waals surface area contributed by atoms with Gasteiger partial charge >= 0.3 is 0 Å². The summed E-state index contributed by atoms with van der Waals surface area (Å²) in [6, 6.07) is 7.90.